The summed E-state index contributed by atoms with van der Waals surface area (Å²) in [6, 6.07) is 6.48. The van der Waals surface area contributed by atoms with E-state index >= 15 is 0 Å². The highest BCUT2D eigenvalue weighted by Gasteiger charge is 2.31. The summed E-state index contributed by atoms with van der Waals surface area (Å²) in [4.78, 5) is 14.9. The molecule has 2 rings (SSSR count). The van der Waals surface area contributed by atoms with Gasteiger partial charge in [-0.25, -0.2) is 4.99 Å². The number of rotatable bonds is 8. The van der Waals surface area contributed by atoms with E-state index in [0.717, 1.165) is 43.9 Å². The van der Waals surface area contributed by atoms with Gasteiger partial charge < -0.3 is 15.7 Å². The number of hydrogen-bond donors (Lipinski definition) is 3. The predicted octanol–water partition coefficient (Wildman–Crippen LogP) is 2.98. The molecule has 1 fully saturated rings. The maximum absolute atomic E-state index is 10.7. The second kappa shape index (κ2) is 10.1. The summed E-state index contributed by atoms with van der Waals surface area (Å²) >= 11 is 0. The molecule has 0 heterocycles. The van der Waals surface area contributed by atoms with Crippen LogP contribution >= 0.6 is 0 Å². The van der Waals surface area contributed by atoms with Gasteiger partial charge in [-0.2, -0.15) is 0 Å². The largest absolute Gasteiger partial charge is 0.396 e. The number of benzene rings is 1. The van der Waals surface area contributed by atoms with Crippen LogP contribution in [0.2, 0.25) is 0 Å². The molecule has 0 radical (unpaired) electrons. The summed E-state index contributed by atoms with van der Waals surface area (Å²) in [6.45, 7) is 4.27. The van der Waals surface area contributed by atoms with Crippen molar-refractivity contribution in [1.29, 1.82) is 0 Å². The summed E-state index contributed by atoms with van der Waals surface area (Å²) in [5, 5.41) is 26.9. The van der Waals surface area contributed by atoms with Gasteiger partial charge in [-0.3, -0.25) is 10.1 Å². The second-order valence-electron chi connectivity index (χ2n) is 7.01. The SMILES string of the molecule is CCNC(=NCc1ccc([N+](=O)[O-])cc1)NCC1(CCO)CCCCC1. The molecule has 0 spiro atoms. The Morgan fingerprint density at radius 1 is 1.23 bits per heavy atom. The minimum Gasteiger partial charge on any atom is -0.396 e. The van der Waals surface area contributed by atoms with E-state index in [2.05, 4.69) is 15.6 Å². The van der Waals surface area contributed by atoms with Gasteiger partial charge in [0.1, 0.15) is 0 Å². The topological polar surface area (TPSA) is 99.8 Å². The van der Waals surface area contributed by atoms with E-state index in [4.69, 9.17) is 0 Å². The van der Waals surface area contributed by atoms with Crippen LogP contribution in [0.4, 0.5) is 5.69 Å². The fraction of sp³-hybridized carbons (Fsp3) is 0.632. The average molecular weight is 362 g/mol. The van der Waals surface area contributed by atoms with Crippen LogP contribution in [0.15, 0.2) is 29.3 Å². The number of aliphatic hydroxyl groups excluding tert-OH is 1. The smallest absolute Gasteiger partial charge is 0.269 e. The predicted molar refractivity (Wildman–Crippen MR) is 103 cm³/mol. The van der Waals surface area contributed by atoms with Crippen LogP contribution in [-0.2, 0) is 6.54 Å². The summed E-state index contributed by atoms with van der Waals surface area (Å²) in [5.41, 5.74) is 1.16. The molecule has 3 N–H and O–H groups in total. The van der Waals surface area contributed by atoms with Gasteiger partial charge in [-0.15, -0.1) is 0 Å². The number of guanidine groups is 1. The van der Waals surface area contributed by atoms with Gasteiger partial charge in [0.15, 0.2) is 5.96 Å². The number of aliphatic hydroxyl groups is 1. The lowest BCUT2D eigenvalue weighted by molar-refractivity contribution is -0.384. The summed E-state index contributed by atoms with van der Waals surface area (Å²) in [7, 11) is 0. The van der Waals surface area contributed by atoms with E-state index in [1.54, 1.807) is 12.1 Å². The molecule has 1 saturated carbocycles. The molecule has 144 valence electrons. The molecule has 1 aliphatic carbocycles. The number of aliphatic imine (C=N–C) groups is 1. The van der Waals surface area contributed by atoms with Crippen molar-refractivity contribution in [2.45, 2.75) is 52.0 Å². The fourth-order valence-corrected chi connectivity index (χ4v) is 3.56. The molecule has 7 nitrogen and oxygen atoms in total. The molecule has 0 aromatic heterocycles. The van der Waals surface area contributed by atoms with Gasteiger partial charge in [0.25, 0.3) is 5.69 Å². The Labute approximate surface area is 155 Å². The molecule has 7 heteroatoms. The van der Waals surface area contributed by atoms with Crippen molar-refractivity contribution in [2.75, 3.05) is 19.7 Å². The Bertz CT molecular complexity index is 590. The number of nitrogens with one attached hydrogen (secondary N) is 2. The number of non-ortho nitro benzene ring substituents is 1. The Kier molecular flexibility index (Phi) is 7.84. The summed E-state index contributed by atoms with van der Waals surface area (Å²) < 4.78 is 0. The quantitative estimate of drug-likeness (QED) is 0.286. The van der Waals surface area contributed by atoms with Crippen LogP contribution in [0.1, 0.15) is 51.0 Å². The highest BCUT2D eigenvalue weighted by Crippen LogP contribution is 2.38. The maximum Gasteiger partial charge on any atom is 0.269 e. The van der Waals surface area contributed by atoms with Gasteiger partial charge in [-0.05, 0) is 37.2 Å². The molecular formula is C19H30N4O3. The minimum atomic E-state index is -0.399. The van der Waals surface area contributed by atoms with Crippen LogP contribution in [0.25, 0.3) is 0 Å². The molecule has 1 aromatic rings. The van der Waals surface area contributed by atoms with Crippen molar-refractivity contribution in [3.8, 4) is 0 Å². The number of nitro benzene ring substituents is 1. The normalized spacial score (nSPS) is 16.9. The third-order valence-corrected chi connectivity index (χ3v) is 5.10. The molecule has 0 atom stereocenters. The van der Waals surface area contributed by atoms with Crippen LogP contribution in [0.5, 0.6) is 0 Å². The molecule has 0 unspecified atom stereocenters. The first-order valence-electron chi connectivity index (χ1n) is 9.45. The average Bonchev–Trinajstić information content (AvgIpc) is 2.65. The monoisotopic (exact) mass is 362 g/mol. The van der Waals surface area contributed by atoms with Crippen molar-refractivity contribution in [3.05, 3.63) is 39.9 Å². The zero-order valence-corrected chi connectivity index (χ0v) is 15.5. The molecule has 0 bridgehead atoms. The first kappa shape index (κ1) is 20.2. The van der Waals surface area contributed by atoms with Crippen LogP contribution in [-0.4, -0.2) is 35.7 Å². The summed E-state index contributed by atoms with van der Waals surface area (Å²) in [6.07, 6.45) is 6.82. The van der Waals surface area contributed by atoms with Gasteiger partial charge in [0, 0.05) is 31.8 Å². The maximum atomic E-state index is 10.7. The number of nitrogens with zero attached hydrogens (tertiary/aromatic N) is 2. The molecule has 0 aliphatic heterocycles. The Hall–Kier alpha value is -2.15. The van der Waals surface area contributed by atoms with Gasteiger partial charge in [-0.1, -0.05) is 31.4 Å². The fourth-order valence-electron chi connectivity index (χ4n) is 3.56. The summed E-state index contributed by atoms with van der Waals surface area (Å²) in [5.74, 6) is 0.744. The molecule has 0 saturated heterocycles. The zero-order valence-electron chi connectivity index (χ0n) is 15.5. The first-order valence-corrected chi connectivity index (χ1v) is 9.45. The van der Waals surface area contributed by atoms with Gasteiger partial charge in [0.2, 0.25) is 0 Å². The van der Waals surface area contributed by atoms with E-state index in [1.807, 2.05) is 6.92 Å². The van der Waals surface area contributed by atoms with Crippen molar-refractivity contribution in [2.24, 2.45) is 10.4 Å². The van der Waals surface area contributed by atoms with Crippen LogP contribution in [0, 0.1) is 15.5 Å². The van der Waals surface area contributed by atoms with E-state index < -0.39 is 4.92 Å². The third-order valence-electron chi connectivity index (χ3n) is 5.10. The van der Waals surface area contributed by atoms with Crippen molar-refractivity contribution >= 4 is 11.6 Å². The molecule has 26 heavy (non-hydrogen) atoms. The lowest BCUT2D eigenvalue weighted by atomic mass is 9.72. The van der Waals surface area contributed by atoms with E-state index in [-0.39, 0.29) is 17.7 Å². The molecule has 0 amide bonds. The van der Waals surface area contributed by atoms with Gasteiger partial charge >= 0.3 is 0 Å². The lowest BCUT2D eigenvalue weighted by Gasteiger charge is -2.37. The molecule has 1 aliphatic rings. The van der Waals surface area contributed by atoms with E-state index in [0.29, 0.717) is 6.54 Å². The Balaban J connectivity index is 1.97. The number of hydrogen-bond acceptors (Lipinski definition) is 4. The lowest BCUT2D eigenvalue weighted by Crippen LogP contribution is -2.44. The number of nitro groups is 1. The highest BCUT2D eigenvalue weighted by molar-refractivity contribution is 5.79. The highest BCUT2D eigenvalue weighted by atomic mass is 16.6. The van der Waals surface area contributed by atoms with E-state index in [1.165, 1.54) is 31.4 Å². The van der Waals surface area contributed by atoms with Crippen molar-refractivity contribution in [3.63, 3.8) is 0 Å². The zero-order chi connectivity index (χ0) is 18.8. The first-order chi connectivity index (χ1) is 12.6. The third kappa shape index (κ3) is 5.98. The van der Waals surface area contributed by atoms with Crippen LogP contribution < -0.4 is 10.6 Å². The molecule has 1 aromatic carbocycles. The van der Waals surface area contributed by atoms with Crippen molar-refractivity contribution < 1.29 is 10.0 Å². The Morgan fingerprint density at radius 3 is 2.50 bits per heavy atom. The standard InChI is InChI=1S/C19H30N4O3/c1-2-20-18(21-14-16-6-8-17(9-7-16)23(25)26)22-15-19(12-13-24)10-4-3-5-11-19/h6-9,24H,2-5,10-15H2,1H3,(H2,20,21,22). The Morgan fingerprint density at radius 2 is 1.92 bits per heavy atom. The van der Waals surface area contributed by atoms with E-state index in [9.17, 15) is 15.2 Å². The van der Waals surface area contributed by atoms with Crippen molar-refractivity contribution in [1.82, 2.24) is 10.6 Å². The van der Waals surface area contributed by atoms with Gasteiger partial charge in [0.05, 0.1) is 11.5 Å². The second-order valence-corrected chi connectivity index (χ2v) is 7.01. The minimum absolute atomic E-state index is 0.0889. The van der Waals surface area contributed by atoms with Crippen LogP contribution in [0.3, 0.4) is 0 Å². The molecular weight excluding hydrogens is 332 g/mol.